The summed E-state index contributed by atoms with van der Waals surface area (Å²) in [6.45, 7) is 6.12. The number of nitro benzene ring substituents is 1. The molecule has 1 atom stereocenters. The van der Waals surface area contributed by atoms with Gasteiger partial charge in [0.25, 0.3) is 5.69 Å². The molecule has 0 aromatic heterocycles. The first-order chi connectivity index (χ1) is 9.97. The number of rotatable bonds is 6. The molecule has 0 saturated heterocycles. The van der Waals surface area contributed by atoms with Crippen LogP contribution in [-0.2, 0) is 14.8 Å². The van der Waals surface area contributed by atoms with E-state index in [0.717, 1.165) is 6.07 Å². The molecule has 1 rings (SSSR count). The molecule has 0 bridgehead atoms. The lowest BCUT2D eigenvalue weighted by molar-refractivity contribution is -0.385. The van der Waals surface area contributed by atoms with Crippen molar-refractivity contribution in [2.75, 3.05) is 0 Å². The Hall–Kier alpha value is -2.00. The van der Waals surface area contributed by atoms with E-state index in [9.17, 15) is 23.3 Å². The highest BCUT2D eigenvalue weighted by atomic mass is 32.2. The third-order valence-electron chi connectivity index (χ3n) is 3.19. The predicted molar refractivity (Wildman–Crippen MR) is 79.2 cm³/mol. The van der Waals surface area contributed by atoms with E-state index in [1.807, 2.05) is 0 Å². The van der Waals surface area contributed by atoms with Gasteiger partial charge in [-0.05, 0) is 31.4 Å². The standard InChI is InChI=1S/C13H18N2O6S/c1-7(2)12(13(16)17)14-22(20,21)11-6-10(15(18)19)8(3)5-9(11)4/h5-7,12,14H,1-4H3,(H,16,17)/t12-/m0/s1. The molecule has 0 unspecified atom stereocenters. The van der Waals surface area contributed by atoms with Crippen molar-refractivity contribution in [3.63, 3.8) is 0 Å². The summed E-state index contributed by atoms with van der Waals surface area (Å²) in [5, 5.41) is 20.0. The Morgan fingerprint density at radius 3 is 2.23 bits per heavy atom. The van der Waals surface area contributed by atoms with Gasteiger partial charge in [0.15, 0.2) is 0 Å². The normalized spacial score (nSPS) is 13.1. The maximum Gasteiger partial charge on any atom is 0.322 e. The van der Waals surface area contributed by atoms with Crippen LogP contribution in [0.1, 0.15) is 25.0 Å². The lowest BCUT2D eigenvalue weighted by Gasteiger charge is -2.18. The molecule has 9 heteroatoms. The van der Waals surface area contributed by atoms with Gasteiger partial charge in [0.05, 0.1) is 9.82 Å². The van der Waals surface area contributed by atoms with E-state index in [0.29, 0.717) is 11.1 Å². The van der Waals surface area contributed by atoms with Crippen LogP contribution in [0.4, 0.5) is 5.69 Å². The molecule has 2 N–H and O–H groups in total. The number of carboxylic acid groups (broad SMARTS) is 1. The quantitative estimate of drug-likeness (QED) is 0.602. The SMILES string of the molecule is Cc1cc(C)c(S(=O)(=O)N[C@H](C(=O)O)C(C)C)cc1[N+](=O)[O-]. The summed E-state index contributed by atoms with van der Waals surface area (Å²) in [6, 6.07) is 1.02. The Morgan fingerprint density at radius 1 is 1.27 bits per heavy atom. The van der Waals surface area contributed by atoms with Gasteiger partial charge < -0.3 is 5.11 Å². The van der Waals surface area contributed by atoms with E-state index in [-0.39, 0.29) is 10.6 Å². The Bertz CT molecular complexity index is 711. The molecule has 1 aromatic carbocycles. The molecule has 0 spiro atoms. The minimum absolute atomic E-state index is 0.295. The number of nitrogens with zero attached hydrogens (tertiary/aromatic N) is 1. The maximum absolute atomic E-state index is 12.4. The molecule has 8 nitrogen and oxygen atoms in total. The molecule has 0 aliphatic carbocycles. The van der Waals surface area contributed by atoms with Crippen molar-refractivity contribution in [1.82, 2.24) is 4.72 Å². The highest BCUT2D eigenvalue weighted by Gasteiger charge is 2.30. The number of benzene rings is 1. The topological polar surface area (TPSA) is 127 Å². The van der Waals surface area contributed by atoms with E-state index in [1.54, 1.807) is 13.8 Å². The molecule has 0 aliphatic rings. The van der Waals surface area contributed by atoms with Gasteiger partial charge >= 0.3 is 5.97 Å². The molecule has 22 heavy (non-hydrogen) atoms. The second kappa shape index (κ2) is 6.41. The van der Waals surface area contributed by atoms with Crippen molar-refractivity contribution in [1.29, 1.82) is 0 Å². The van der Waals surface area contributed by atoms with Crippen LogP contribution in [0.2, 0.25) is 0 Å². The summed E-state index contributed by atoms with van der Waals surface area (Å²) in [5.74, 6) is -1.79. The molecular weight excluding hydrogens is 312 g/mol. The van der Waals surface area contributed by atoms with E-state index in [2.05, 4.69) is 4.72 Å². The lowest BCUT2D eigenvalue weighted by Crippen LogP contribution is -2.44. The van der Waals surface area contributed by atoms with Crippen molar-refractivity contribution in [2.24, 2.45) is 5.92 Å². The van der Waals surface area contributed by atoms with Crippen molar-refractivity contribution >= 4 is 21.7 Å². The fraction of sp³-hybridized carbons (Fsp3) is 0.462. The number of aliphatic carboxylic acids is 1. The summed E-state index contributed by atoms with van der Waals surface area (Å²) in [7, 11) is -4.19. The second-order valence-corrected chi connectivity index (χ2v) is 7.02. The number of aryl methyl sites for hydroxylation is 2. The number of carboxylic acids is 1. The predicted octanol–water partition coefficient (Wildman–Crippen LogP) is 1.60. The van der Waals surface area contributed by atoms with Crippen LogP contribution >= 0.6 is 0 Å². The largest absolute Gasteiger partial charge is 0.480 e. The number of hydrogen-bond acceptors (Lipinski definition) is 5. The molecule has 0 saturated carbocycles. The molecule has 1 aromatic rings. The van der Waals surface area contributed by atoms with E-state index in [1.165, 1.54) is 19.9 Å². The monoisotopic (exact) mass is 330 g/mol. The Balaban J connectivity index is 3.37. The zero-order chi connectivity index (χ0) is 17.2. The van der Waals surface area contributed by atoms with Crippen LogP contribution in [0.25, 0.3) is 0 Å². The third-order valence-corrected chi connectivity index (χ3v) is 4.78. The first kappa shape index (κ1) is 18.1. The number of carbonyl (C=O) groups is 1. The van der Waals surface area contributed by atoms with Gasteiger partial charge in [0, 0.05) is 11.6 Å². The third kappa shape index (κ3) is 3.80. The van der Waals surface area contributed by atoms with Crippen molar-refractivity contribution in [2.45, 2.75) is 38.6 Å². The van der Waals surface area contributed by atoms with Crippen molar-refractivity contribution < 1.29 is 23.2 Å². The molecule has 0 heterocycles. The zero-order valence-electron chi connectivity index (χ0n) is 12.7. The molecule has 0 aliphatic heterocycles. The van der Waals surface area contributed by atoms with Gasteiger partial charge in [0.1, 0.15) is 6.04 Å². The summed E-state index contributed by atoms with van der Waals surface area (Å²) in [6.07, 6.45) is 0. The fourth-order valence-corrected chi connectivity index (χ4v) is 3.59. The first-order valence-electron chi connectivity index (χ1n) is 6.48. The summed E-state index contributed by atoms with van der Waals surface area (Å²) < 4.78 is 26.8. The zero-order valence-corrected chi connectivity index (χ0v) is 13.5. The number of hydrogen-bond donors (Lipinski definition) is 2. The Kier molecular flexibility index (Phi) is 5.26. The summed E-state index contributed by atoms with van der Waals surface area (Å²) in [4.78, 5) is 21.1. The molecule has 122 valence electrons. The first-order valence-corrected chi connectivity index (χ1v) is 7.96. The van der Waals surface area contributed by atoms with Crippen LogP contribution in [-0.4, -0.2) is 30.5 Å². The molecule has 0 fully saturated rings. The van der Waals surface area contributed by atoms with Crippen molar-refractivity contribution in [3.8, 4) is 0 Å². The van der Waals surface area contributed by atoms with Crippen LogP contribution in [0.3, 0.4) is 0 Å². The van der Waals surface area contributed by atoms with Crippen LogP contribution in [0.5, 0.6) is 0 Å². The highest BCUT2D eigenvalue weighted by Crippen LogP contribution is 2.26. The van der Waals surface area contributed by atoms with E-state index < -0.39 is 32.9 Å². The van der Waals surface area contributed by atoms with Crippen LogP contribution in [0, 0.1) is 29.9 Å². The number of nitro groups is 1. The van der Waals surface area contributed by atoms with Crippen molar-refractivity contribution in [3.05, 3.63) is 33.4 Å². The maximum atomic E-state index is 12.4. The van der Waals surface area contributed by atoms with Gasteiger partial charge in [-0.2, -0.15) is 4.72 Å². The minimum atomic E-state index is -4.19. The molecular formula is C13H18N2O6S. The highest BCUT2D eigenvalue weighted by molar-refractivity contribution is 7.89. The van der Waals surface area contributed by atoms with Crippen LogP contribution < -0.4 is 4.72 Å². The fourth-order valence-electron chi connectivity index (χ4n) is 2.01. The van der Waals surface area contributed by atoms with E-state index in [4.69, 9.17) is 5.11 Å². The molecule has 0 radical (unpaired) electrons. The van der Waals surface area contributed by atoms with Gasteiger partial charge in [0.2, 0.25) is 10.0 Å². The number of sulfonamides is 1. The minimum Gasteiger partial charge on any atom is -0.480 e. The van der Waals surface area contributed by atoms with Gasteiger partial charge in [-0.15, -0.1) is 0 Å². The second-order valence-electron chi connectivity index (χ2n) is 5.34. The Morgan fingerprint density at radius 2 is 1.82 bits per heavy atom. The van der Waals surface area contributed by atoms with Gasteiger partial charge in [-0.3, -0.25) is 14.9 Å². The van der Waals surface area contributed by atoms with Gasteiger partial charge in [-0.1, -0.05) is 13.8 Å². The average Bonchev–Trinajstić information content (AvgIpc) is 2.34. The summed E-state index contributed by atoms with van der Waals surface area (Å²) >= 11 is 0. The van der Waals surface area contributed by atoms with Gasteiger partial charge in [-0.25, -0.2) is 8.42 Å². The molecule has 0 amide bonds. The van der Waals surface area contributed by atoms with E-state index >= 15 is 0 Å². The van der Waals surface area contributed by atoms with Crippen LogP contribution in [0.15, 0.2) is 17.0 Å². The smallest absolute Gasteiger partial charge is 0.322 e. The number of nitrogens with one attached hydrogen (secondary N) is 1. The lowest BCUT2D eigenvalue weighted by atomic mass is 10.1. The average molecular weight is 330 g/mol. The summed E-state index contributed by atoms with van der Waals surface area (Å²) in [5.41, 5.74) is 0.311. The Labute approximate surface area is 128 Å².